The lowest BCUT2D eigenvalue weighted by atomic mass is 10.1. The van der Waals surface area contributed by atoms with Gasteiger partial charge >= 0.3 is 6.03 Å². The highest BCUT2D eigenvalue weighted by molar-refractivity contribution is 7.98. The van der Waals surface area contributed by atoms with E-state index in [4.69, 9.17) is 0 Å². The number of thioether (sulfide) groups is 1. The molecule has 3 N–H and O–H groups in total. The lowest BCUT2D eigenvalue weighted by Gasteiger charge is -2.18. The van der Waals surface area contributed by atoms with Gasteiger partial charge in [0.25, 0.3) is 0 Å². The van der Waals surface area contributed by atoms with E-state index in [-0.39, 0.29) is 18.6 Å². The van der Waals surface area contributed by atoms with Crippen molar-refractivity contribution in [1.29, 1.82) is 0 Å². The van der Waals surface area contributed by atoms with Gasteiger partial charge in [0.05, 0.1) is 6.10 Å². The summed E-state index contributed by atoms with van der Waals surface area (Å²) >= 11 is 1.71. The first kappa shape index (κ1) is 16.9. The summed E-state index contributed by atoms with van der Waals surface area (Å²) in [7, 11) is 0. The lowest BCUT2D eigenvalue weighted by molar-refractivity contribution is 0.172. The summed E-state index contributed by atoms with van der Waals surface area (Å²) in [6.45, 7) is 4.23. The third-order valence-corrected chi connectivity index (χ3v) is 3.81. The van der Waals surface area contributed by atoms with E-state index in [1.54, 1.807) is 11.8 Å². The average molecular weight is 296 g/mol. The number of nitrogens with one attached hydrogen (secondary N) is 2. The van der Waals surface area contributed by atoms with Crippen LogP contribution >= 0.6 is 11.8 Å². The van der Waals surface area contributed by atoms with E-state index in [0.717, 1.165) is 23.3 Å². The molecule has 0 aliphatic heterocycles. The first-order chi connectivity index (χ1) is 9.56. The molecule has 0 aromatic heterocycles. The van der Waals surface area contributed by atoms with Crippen molar-refractivity contribution < 1.29 is 9.90 Å². The molecule has 2 amide bonds. The molecule has 0 fully saturated rings. The van der Waals surface area contributed by atoms with Gasteiger partial charge in [0.15, 0.2) is 0 Å². The maximum atomic E-state index is 11.7. The molecule has 4 nitrogen and oxygen atoms in total. The van der Waals surface area contributed by atoms with E-state index in [1.165, 1.54) is 0 Å². The molecule has 1 aromatic rings. The molecule has 20 heavy (non-hydrogen) atoms. The van der Waals surface area contributed by atoms with Crippen LogP contribution in [-0.2, 0) is 0 Å². The number of hydrogen-bond donors (Lipinski definition) is 3. The molecule has 0 aliphatic rings. The second-order valence-electron chi connectivity index (χ2n) is 4.84. The van der Waals surface area contributed by atoms with Crippen LogP contribution in [0.4, 0.5) is 4.79 Å². The van der Waals surface area contributed by atoms with E-state index in [0.29, 0.717) is 0 Å². The number of aliphatic hydroxyl groups is 1. The number of rotatable bonds is 7. The quantitative estimate of drug-likeness (QED) is 0.724. The van der Waals surface area contributed by atoms with Crippen LogP contribution in [0.2, 0.25) is 0 Å². The fraction of sp³-hybridized carbons (Fsp3) is 0.533. The standard InChI is InChI=1S/C15H24N2O2S/c1-4-13(10-20-3)17-15(19)16-9-14(18)12-7-5-6-11(2)8-12/h5-8,13-14,18H,4,9-10H2,1-3H3,(H2,16,17,19). The molecule has 2 unspecified atom stereocenters. The average Bonchev–Trinajstić information content (AvgIpc) is 2.44. The molecule has 0 heterocycles. The summed E-state index contributed by atoms with van der Waals surface area (Å²) in [5.41, 5.74) is 1.92. The number of carbonyl (C=O) groups excluding carboxylic acids is 1. The predicted molar refractivity (Wildman–Crippen MR) is 85.1 cm³/mol. The Kier molecular flexibility index (Phi) is 7.47. The number of aryl methyl sites for hydroxylation is 1. The van der Waals surface area contributed by atoms with Crippen molar-refractivity contribution in [2.24, 2.45) is 0 Å². The second-order valence-corrected chi connectivity index (χ2v) is 5.76. The van der Waals surface area contributed by atoms with Gasteiger partial charge in [0.1, 0.15) is 0 Å². The lowest BCUT2D eigenvalue weighted by Crippen LogP contribution is -2.44. The monoisotopic (exact) mass is 296 g/mol. The van der Waals surface area contributed by atoms with E-state index < -0.39 is 6.10 Å². The van der Waals surface area contributed by atoms with Crippen molar-refractivity contribution in [1.82, 2.24) is 10.6 Å². The number of carbonyl (C=O) groups is 1. The van der Waals surface area contributed by atoms with Crippen LogP contribution in [0.1, 0.15) is 30.6 Å². The van der Waals surface area contributed by atoms with Crippen molar-refractivity contribution in [2.75, 3.05) is 18.6 Å². The number of hydrogen-bond acceptors (Lipinski definition) is 3. The Bertz CT molecular complexity index is 426. The summed E-state index contributed by atoms with van der Waals surface area (Å²) in [5.74, 6) is 0.893. The van der Waals surface area contributed by atoms with E-state index in [9.17, 15) is 9.90 Å². The normalized spacial score (nSPS) is 13.6. The summed E-state index contributed by atoms with van der Waals surface area (Å²) in [6.07, 6.45) is 2.24. The molecule has 0 bridgehead atoms. The Morgan fingerprint density at radius 3 is 2.80 bits per heavy atom. The number of benzene rings is 1. The molecule has 0 saturated heterocycles. The Morgan fingerprint density at radius 2 is 2.20 bits per heavy atom. The third kappa shape index (κ3) is 5.84. The van der Waals surface area contributed by atoms with Crippen molar-refractivity contribution >= 4 is 17.8 Å². The highest BCUT2D eigenvalue weighted by atomic mass is 32.2. The van der Waals surface area contributed by atoms with Gasteiger partial charge in [-0.15, -0.1) is 0 Å². The molecule has 0 saturated carbocycles. The third-order valence-electron chi connectivity index (χ3n) is 3.08. The topological polar surface area (TPSA) is 61.4 Å². The Morgan fingerprint density at radius 1 is 1.45 bits per heavy atom. The summed E-state index contributed by atoms with van der Waals surface area (Å²) < 4.78 is 0. The molecule has 5 heteroatoms. The van der Waals surface area contributed by atoms with Crippen LogP contribution in [0.15, 0.2) is 24.3 Å². The maximum absolute atomic E-state index is 11.7. The van der Waals surface area contributed by atoms with Crippen molar-refractivity contribution in [3.8, 4) is 0 Å². The number of aliphatic hydroxyl groups excluding tert-OH is 1. The molecule has 0 radical (unpaired) electrons. The van der Waals surface area contributed by atoms with Crippen LogP contribution in [0.25, 0.3) is 0 Å². The smallest absolute Gasteiger partial charge is 0.315 e. The number of amides is 2. The molecule has 0 spiro atoms. The zero-order chi connectivity index (χ0) is 15.0. The minimum absolute atomic E-state index is 0.168. The fourth-order valence-electron chi connectivity index (χ4n) is 1.88. The van der Waals surface area contributed by atoms with Gasteiger partial charge in [0, 0.05) is 18.3 Å². The largest absolute Gasteiger partial charge is 0.387 e. The first-order valence-electron chi connectivity index (χ1n) is 6.84. The SMILES string of the molecule is CCC(CSC)NC(=O)NCC(O)c1cccc(C)c1. The van der Waals surface area contributed by atoms with Gasteiger partial charge < -0.3 is 15.7 Å². The highest BCUT2D eigenvalue weighted by Gasteiger charge is 2.12. The van der Waals surface area contributed by atoms with Crippen molar-refractivity contribution in [2.45, 2.75) is 32.4 Å². The minimum Gasteiger partial charge on any atom is -0.387 e. The zero-order valence-corrected chi connectivity index (χ0v) is 13.2. The molecule has 112 valence electrons. The van der Waals surface area contributed by atoms with Gasteiger partial charge in [0.2, 0.25) is 0 Å². The first-order valence-corrected chi connectivity index (χ1v) is 8.24. The summed E-state index contributed by atoms with van der Waals surface area (Å²) in [4.78, 5) is 11.7. The second kappa shape index (κ2) is 8.87. The predicted octanol–water partition coefficient (Wildman–Crippen LogP) is 2.47. The molecule has 0 aliphatic carbocycles. The number of urea groups is 1. The zero-order valence-electron chi connectivity index (χ0n) is 12.3. The van der Waals surface area contributed by atoms with Crippen molar-refractivity contribution in [3.63, 3.8) is 0 Å². The molecule has 2 atom stereocenters. The van der Waals surface area contributed by atoms with Crippen LogP contribution in [0.3, 0.4) is 0 Å². The van der Waals surface area contributed by atoms with Gasteiger partial charge in [-0.05, 0) is 25.2 Å². The van der Waals surface area contributed by atoms with Gasteiger partial charge in [-0.3, -0.25) is 0 Å². The summed E-state index contributed by atoms with van der Waals surface area (Å²) in [6, 6.07) is 7.61. The molecular weight excluding hydrogens is 272 g/mol. The van der Waals surface area contributed by atoms with E-state index in [1.807, 2.05) is 44.4 Å². The van der Waals surface area contributed by atoms with Gasteiger partial charge in [-0.25, -0.2) is 4.79 Å². The fourth-order valence-corrected chi connectivity index (χ4v) is 2.61. The Hall–Kier alpha value is -1.20. The summed E-state index contributed by atoms with van der Waals surface area (Å²) in [5, 5.41) is 15.7. The molecule has 1 rings (SSSR count). The van der Waals surface area contributed by atoms with E-state index >= 15 is 0 Å². The van der Waals surface area contributed by atoms with Crippen molar-refractivity contribution in [3.05, 3.63) is 35.4 Å². The van der Waals surface area contributed by atoms with Crippen LogP contribution in [0.5, 0.6) is 0 Å². The van der Waals surface area contributed by atoms with Gasteiger partial charge in [-0.1, -0.05) is 36.8 Å². The van der Waals surface area contributed by atoms with Crippen LogP contribution in [0, 0.1) is 6.92 Å². The van der Waals surface area contributed by atoms with Gasteiger partial charge in [-0.2, -0.15) is 11.8 Å². The maximum Gasteiger partial charge on any atom is 0.315 e. The molecule has 1 aromatic carbocycles. The van der Waals surface area contributed by atoms with E-state index in [2.05, 4.69) is 10.6 Å². The van der Waals surface area contributed by atoms with Crippen LogP contribution < -0.4 is 10.6 Å². The Balaban J connectivity index is 2.40. The highest BCUT2D eigenvalue weighted by Crippen LogP contribution is 2.13. The minimum atomic E-state index is -0.679. The van der Waals surface area contributed by atoms with Crippen LogP contribution in [-0.4, -0.2) is 35.7 Å². The Labute approximate surface area is 125 Å². The molecular formula is C15H24N2O2S.